The first-order chi connectivity index (χ1) is 7.62. The fourth-order valence-corrected chi connectivity index (χ4v) is 1.30. The Balaban J connectivity index is 3.19. The van der Waals surface area contributed by atoms with Crippen molar-refractivity contribution in [2.45, 2.75) is 13.3 Å². The molecule has 0 fully saturated rings. The molecule has 16 heavy (non-hydrogen) atoms. The molecule has 1 rings (SSSR count). The number of carbonyl (C=O) groups is 1. The first-order valence-electron chi connectivity index (χ1n) is 4.63. The van der Waals surface area contributed by atoms with Crippen molar-refractivity contribution >= 4 is 5.97 Å². The van der Waals surface area contributed by atoms with Gasteiger partial charge in [-0.2, -0.15) is 5.26 Å². The number of aromatic nitrogens is 1. The fraction of sp³-hybridized carbons (Fsp3) is 0.364. The average Bonchev–Trinajstić information content (AvgIpc) is 2.28. The molecule has 0 aliphatic rings. The Kier molecular flexibility index (Phi) is 3.84. The largest absolute Gasteiger partial charge is 0.481 e. The minimum absolute atomic E-state index is 0.0303. The van der Waals surface area contributed by atoms with E-state index in [1.807, 2.05) is 6.07 Å². The van der Waals surface area contributed by atoms with Gasteiger partial charge in [0.05, 0.1) is 31.9 Å². The SMILES string of the molecule is COC(=O)Cc1nc(OC)cc(C)c1C#N. The molecular formula is C11H12N2O3. The maximum absolute atomic E-state index is 11.1. The molecule has 5 nitrogen and oxygen atoms in total. The first-order valence-corrected chi connectivity index (χ1v) is 4.63. The molecule has 0 aliphatic carbocycles. The molecule has 1 aromatic rings. The number of ether oxygens (including phenoxy) is 2. The van der Waals surface area contributed by atoms with Crippen LogP contribution >= 0.6 is 0 Å². The van der Waals surface area contributed by atoms with Crippen LogP contribution in [-0.4, -0.2) is 25.2 Å². The second kappa shape index (κ2) is 5.12. The molecule has 0 spiro atoms. The predicted octanol–water partition coefficient (Wildman–Crippen LogP) is 0.986. The molecule has 0 N–H and O–H groups in total. The first kappa shape index (κ1) is 12.0. The van der Waals surface area contributed by atoms with Crippen LogP contribution in [0.5, 0.6) is 5.88 Å². The van der Waals surface area contributed by atoms with Crippen LogP contribution in [0.25, 0.3) is 0 Å². The van der Waals surface area contributed by atoms with Crippen LogP contribution in [-0.2, 0) is 16.0 Å². The third kappa shape index (κ3) is 2.48. The van der Waals surface area contributed by atoms with E-state index in [-0.39, 0.29) is 6.42 Å². The lowest BCUT2D eigenvalue weighted by Crippen LogP contribution is -2.09. The summed E-state index contributed by atoms with van der Waals surface area (Å²) in [4.78, 5) is 15.2. The molecule has 0 aromatic carbocycles. The van der Waals surface area contributed by atoms with Crippen molar-refractivity contribution in [3.63, 3.8) is 0 Å². The van der Waals surface area contributed by atoms with Gasteiger partial charge in [0, 0.05) is 6.07 Å². The highest BCUT2D eigenvalue weighted by Gasteiger charge is 2.13. The number of carbonyl (C=O) groups excluding carboxylic acids is 1. The molecule has 0 atom stereocenters. The smallest absolute Gasteiger partial charge is 0.311 e. The van der Waals surface area contributed by atoms with E-state index >= 15 is 0 Å². The van der Waals surface area contributed by atoms with Crippen LogP contribution in [0, 0.1) is 18.3 Å². The molecule has 0 saturated carbocycles. The number of esters is 1. The lowest BCUT2D eigenvalue weighted by atomic mass is 10.1. The van der Waals surface area contributed by atoms with Crippen LogP contribution in [0.3, 0.4) is 0 Å². The van der Waals surface area contributed by atoms with E-state index in [1.54, 1.807) is 13.0 Å². The summed E-state index contributed by atoms with van der Waals surface area (Å²) in [5.41, 5.74) is 1.51. The van der Waals surface area contributed by atoms with Crippen LogP contribution in [0.4, 0.5) is 0 Å². The number of nitrogens with zero attached hydrogens (tertiary/aromatic N) is 2. The van der Waals surface area contributed by atoms with Crippen molar-refractivity contribution in [1.29, 1.82) is 5.26 Å². The maximum atomic E-state index is 11.1. The van der Waals surface area contributed by atoms with Crippen LogP contribution < -0.4 is 4.74 Å². The number of methoxy groups -OCH3 is 2. The van der Waals surface area contributed by atoms with Gasteiger partial charge in [0.2, 0.25) is 5.88 Å². The lowest BCUT2D eigenvalue weighted by Gasteiger charge is -2.07. The average molecular weight is 220 g/mol. The molecule has 1 heterocycles. The second-order valence-electron chi connectivity index (χ2n) is 3.17. The van der Waals surface area contributed by atoms with E-state index < -0.39 is 5.97 Å². The van der Waals surface area contributed by atoms with Gasteiger partial charge in [-0.05, 0) is 12.5 Å². The van der Waals surface area contributed by atoms with Gasteiger partial charge < -0.3 is 9.47 Å². The molecule has 0 unspecified atom stereocenters. The van der Waals surface area contributed by atoms with Gasteiger partial charge >= 0.3 is 5.97 Å². The Morgan fingerprint density at radius 1 is 1.56 bits per heavy atom. The number of hydrogen-bond donors (Lipinski definition) is 0. The maximum Gasteiger partial charge on any atom is 0.311 e. The van der Waals surface area contributed by atoms with Crippen molar-refractivity contribution in [1.82, 2.24) is 4.98 Å². The third-order valence-electron chi connectivity index (χ3n) is 2.13. The summed E-state index contributed by atoms with van der Waals surface area (Å²) >= 11 is 0. The van der Waals surface area contributed by atoms with E-state index in [0.29, 0.717) is 17.1 Å². The number of rotatable bonds is 3. The summed E-state index contributed by atoms with van der Waals surface area (Å²) in [5, 5.41) is 8.97. The molecule has 0 bridgehead atoms. The normalized spacial score (nSPS) is 9.38. The van der Waals surface area contributed by atoms with Gasteiger partial charge in [-0.25, -0.2) is 4.98 Å². The quantitative estimate of drug-likeness (QED) is 0.710. The van der Waals surface area contributed by atoms with Gasteiger partial charge in [0.15, 0.2) is 0 Å². The number of aryl methyl sites for hydroxylation is 1. The number of pyridine rings is 1. The van der Waals surface area contributed by atoms with Crippen molar-refractivity contribution in [2.24, 2.45) is 0 Å². The van der Waals surface area contributed by atoms with Crippen molar-refractivity contribution in [3.8, 4) is 11.9 Å². The minimum atomic E-state index is -0.434. The van der Waals surface area contributed by atoms with E-state index in [1.165, 1.54) is 14.2 Å². The molecule has 84 valence electrons. The Labute approximate surface area is 93.6 Å². The topological polar surface area (TPSA) is 72.2 Å². The van der Waals surface area contributed by atoms with Crippen molar-refractivity contribution < 1.29 is 14.3 Å². The summed E-state index contributed by atoms with van der Waals surface area (Å²) in [6.07, 6.45) is -0.0303. The molecule has 0 saturated heterocycles. The third-order valence-corrected chi connectivity index (χ3v) is 2.13. The predicted molar refractivity (Wildman–Crippen MR) is 56.0 cm³/mol. The van der Waals surface area contributed by atoms with Gasteiger partial charge in [-0.15, -0.1) is 0 Å². The van der Waals surface area contributed by atoms with Gasteiger partial charge in [0.1, 0.15) is 6.07 Å². The Morgan fingerprint density at radius 2 is 2.25 bits per heavy atom. The van der Waals surface area contributed by atoms with Gasteiger partial charge in [-0.3, -0.25) is 4.79 Å². The lowest BCUT2D eigenvalue weighted by molar-refractivity contribution is -0.139. The summed E-state index contributed by atoms with van der Waals surface area (Å²) in [5.74, 6) is -0.0490. The second-order valence-corrected chi connectivity index (χ2v) is 3.17. The summed E-state index contributed by atoms with van der Waals surface area (Å²) in [7, 11) is 2.77. The summed E-state index contributed by atoms with van der Waals surface area (Å²) in [6, 6.07) is 3.67. The van der Waals surface area contributed by atoms with E-state index in [2.05, 4.69) is 9.72 Å². The summed E-state index contributed by atoms with van der Waals surface area (Å²) < 4.78 is 9.52. The summed E-state index contributed by atoms with van der Waals surface area (Å²) in [6.45, 7) is 1.77. The zero-order valence-corrected chi connectivity index (χ0v) is 9.40. The molecule has 1 aromatic heterocycles. The van der Waals surface area contributed by atoms with Gasteiger partial charge in [-0.1, -0.05) is 0 Å². The molecule has 5 heteroatoms. The Hall–Kier alpha value is -2.09. The highest BCUT2D eigenvalue weighted by atomic mass is 16.5. The molecule has 0 radical (unpaired) electrons. The number of nitriles is 1. The van der Waals surface area contributed by atoms with Gasteiger partial charge in [0.25, 0.3) is 0 Å². The molecule has 0 amide bonds. The zero-order chi connectivity index (χ0) is 12.1. The molecule has 0 aliphatic heterocycles. The molecular weight excluding hydrogens is 208 g/mol. The van der Waals surface area contributed by atoms with Crippen LogP contribution in [0.15, 0.2) is 6.07 Å². The zero-order valence-electron chi connectivity index (χ0n) is 9.40. The van der Waals surface area contributed by atoms with Crippen molar-refractivity contribution in [3.05, 3.63) is 22.9 Å². The van der Waals surface area contributed by atoms with E-state index in [4.69, 9.17) is 10.00 Å². The number of hydrogen-bond acceptors (Lipinski definition) is 5. The minimum Gasteiger partial charge on any atom is -0.481 e. The van der Waals surface area contributed by atoms with Crippen LogP contribution in [0.2, 0.25) is 0 Å². The highest BCUT2D eigenvalue weighted by molar-refractivity contribution is 5.73. The Bertz CT molecular complexity index is 449. The fourth-order valence-electron chi connectivity index (χ4n) is 1.30. The van der Waals surface area contributed by atoms with Crippen LogP contribution in [0.1, 0.15) is 16.8 Å². The van der Waals surface area contributed by atoms with E-state index in [0.717, 1.165) is 5.56 Å². The Morgan fingerprint density at radius 3 is 2.75 bits per heavy atom. The van der Waals surface area contributed by atoms with Crippen molar-refractivity contribution in [2.75, 3.05) is 14.2 Å². The standard InChI is InChI=1S/C11H12N2O3/c1-7-4-10(15-2)13-9(8(7)6-12)5-11(14)16-3/h4H,5H2,1-3H3. The highest BCUT2D eigenvalue weighted by Crippen LogP contribution is 2.18. The monoisotopic (exact) mass is 220 g/mol. The van der Waals surface area contributed by atoms with E-state index in [9.17, 15) is 4.79 Å².